The number of oxazole rings is 1. The summed E-state index contributed by atoms with van der Waals surface area (Å²) in [5.41, 5.74) is 2.86. The van der Waals surface area contributed by atoms with Crippen molar-refractivity contribution < 1.29 is 13.9 Å². The lowest BCUT2D eigenvalue weighted by Gasteiger charge is -2.43. The third-order valence-corrected chi connectivity index (χ3v) is 6.76. The molecule has 0 saturated carbocycles. The van der Waals surface area contributed by atoms with E-state index in [1.165, 1.54) is 16.8 Å². The molecule has 0 unspecified atom stereocenters. The molecule has 1 aromatic carbocycles. The average molecular weight is 380 g/mol. The van der Waals surface area contributed by atoms with Crippen LogP contribution < -0.4 is 0 Å². The molecular weight excluding hydrogens is 360 g/mol. The molecule has 4 heterocycles. The van der Waals surface area contributed by atoms with E-state index in [0.29, 0.717) is 11.3 Å². The van der Waals surface area contributed by atoms with Gasteiger partial charge in [0.05, 0.1) is 12.8 Å². The highest BCUT2D eigenvalue weighted by Gasteiger charge is 2.42. The maximum Gasteiger partial charge on any atom is 0.253 e. The molecule has 1 fully saturated rings. The van der Waals surface area contributed by atoms with Crippen molar-refractivity contribution >= 4 is 17.2 Å². The number of rotatable bonds is 2. The third kappa shape index (κ3) is 2.89. The minimum Gasteiger partial charge on any atom is -0.444 e. The second kappa shape index (κ2) is 6.62. The molecule has 3 aromatic rings. The predicted octanol–water partition coefficient (Wildman–Crippen LogP) is 4.11. The van der Waals surface area contributed by atoms with Gasteiger partial charge in [0, 0.05) is 29.1 Å². The molecule has 2 aliphatic rings. The molecule has 2 aliphatic heterocycles. The zero-order valence-electron chi connectivity index (χ0n) is 14.9. The van der Waals surface area contributed by atoms with Crippen molar-refractivity contribution in [3.63, 3.8) is 0 Å². The highest BCUT2D eigenvalue weighted by atomic mass is 32.1. The normalized spacial score (nSPS) is 18.4. The van der Waals surface area contributed by atoms with Crippen LogP contribution >= 0.6 is 11.3 Å². The lowest BCUT2D eigenvalue weighted by atomic mass is 9.85. The van der Waals surface area contributed by atoms with E-state index < -0.39 is 0 Å². The Morgan fingerprint density at radius 2 is 1.96 bits per heavy atom. The number of hydrogen-bond acceptors (Lipinski definition) is 5. The first kappa shape index (κ1) is 16.7. The monoisotopic (exact) mass is 380 g/mol. The summed E-state index contributed by atoms with van der Waals surface area (Å²) >= 11 is 1.79. The average Bonchev–Trinajstić information content (AvgIpc) is 3.41. The van der Waals surface area contributed by atoms with E-state index in [0.717, 1.165) is 44.5 Å². The molecule has 5 nitrogen and oxygen atoms in total. The van der Waals surface area contributed by atoms with Gasteiger partial charge in [0.25, 0.3) is 5.91 Å². The van der Waals surface area contributed by atoms with Gasteiger partial charge in [-0.05, 0) is 48.4 Å². The Morgan fingerprint density at radius 3 is 2.70 bits per heavy atom. The first-order chi connectivity index (χ1) is 13.3. The van der Waals surface area contributed by atoms with Crippen LogP contribution in [0.15, 0.2) is 52.7 Å². The molecule has 6 heteroatoms. The summed E-state index contributed by atoms with van der Waals surface area (Å²) in [5.74, 6) is 0.784. The summed E-state index contributed by atoms with van der Waals surface area (Å²) in [4.78, 5) is 20.2. The molecule has 138 valence electrons. The fraction of sp³-hybridized carbons (Fsp3) is 0.333. The maximum atomic E-state index is 12.9. The summed E-state index contributed by atoms with van der Waals surface area (Å²) < 4.78 is 11.5. The van der Waals surface area contributed by atoms with Gasteiger partial charge in [0.15, 0.2) is 12.2 Å². The predicted molar refractivity (Wildman–Crippen MR) is 103 cm³/mol. The lowest BCUT2D eigenvalue weighted by molar-refractivity contribution is -0.0906. The summed E-state index contributed by atoms with van der Waals surface area (Å²) in [7, 11) is 0. The Morgan fingerprint density at radius 1 is 1.15 bits per heavy atom. The molecule has 0 aliphatic carbocycles. The molecule has 1 spiro atoms. The van der Waals surface area contributed by atoms with Gasteiger partial charge in [-0.1, -0.05) is 12.1 Å². The van der Waals surface area contributed by atoms with E-state index in [2.05, 4.69) is 16.4 Å². The van der Waals surface area contributed by atoms with Crippen molar-refractivity contribution in [3.8, 4) is 11.3 Å². The van der Waals surface area contributed by atoms with Gasteiger partial charge in [0.2, 0.25) is 0 Å². The second-order valence-corrected chi connectivity index (χ2v) is 8.02. The SMILES string of the molecule is O=C(c1ccc(-c2cnco2)cc1)N1CCC2(CC1)OCCc1ccsc12. The fourth-order valence-corrected chi connectivity index (χ4v) is 5.28. The zero-order valence-corrected chi connectivity index (χ0v) is 15.7. The molecule has 2 aromatic heterocycles. The number of carbonyl (C=O) groups is 1. The van der Waals surface area contributed by atoms with Gasteiger partial charge in [-0.3, -0.25) is 4.79 Å². The Labute approximate surface area is 161 Å². The van der Waals surface area contributed by atoms with Crippen LogP contribution in [-0.2, 0) is 16.8 Å². The van der Waals surface area contributed by atoms with E-state index in [4.69, 9.17) is 9.15 Å². The number of fused-ring (bicyclic) bond motifs is 2. The van der Waals surface area contributed by atoms with Gasteiger partial charge in [0.1, 0.15) is 5.60 Å². The number of piperidine rings is 1. The number of nitrogens with zero attached hydrogens (tertiary/aromatic N) is 2. The van der Waals surface area contributed by atoms with Gasteiger partial charge >= 0.3 is 0 Å². The molecular formula is C21H20N2O3S. The highest BCUT2D eigenvalue weighted by molar-refractivity contribution is 7.10. The van der Waals surface area contributed by atoms with Crippen LogP contribution in [0, 0.1) is 0 Å². The van der Waals surface area contributed by atoms with E-state index in [9.17, 15) is 4.79 Å². The maximum absolute atomic E-state index is 12.9. The number of amides is 1. The van der Waals surface area contributed by atoms with Crippen LogP contribution in [0.5, 0.6) is 0 Å². The molecule has 27 heavy (non-hydrogen) atoms. The van der Waals surface area contributed by atoms with E-state index in [1.54, 1.807) is 17.5 Å². The van der Waals surface area contributed by atoms with Crippen molar-refractivity contribution in [2.45, 2.75) is 24.9 Å². The zero-order chi connectivity index (χ0) is 18.3. The smallest absolute Gasteiger partial charge is 0.253 e. The van der Waals surface area contributed by atoms with Crippen molar-refractivity contribution in [1.82, 2.24) is 9.88 Å². The number of carbonyl (C=O) groups excluding carboxylic acids is 1. The largest absolute Gasteiger partial charge is 0.444 e. The fourth-order valence-electron chi connectivity index (χ4n) is 4.11. The Hall–Kier alpha value is -2.44. The van der Waals surface area contributed by atoms with E-state index >= 15 is 0 Å². The van der Waals surface area contributed by atoms with Gasteiger partial charge in [-0.15, -0.1) is 11.3 Å². The minimum absolute atomic E-state index is 0.0798. The summed E-state index contributed by atoms with van der Waals surface area (Å²) in [6, 6.07) is 9.75. The van der Waals surface area contributed by atoms with Crippen molar-refractivity contribution in [3.05, 3.63) is 64.3 Å². The van der Waals surface area contributed by atoms with Gasteiger partial charge in [-0.25, -0.2) is 4.98 Å². The lowest BCUT2D eigenvalue weighted by Crippen LogP contribution is -2.47. The molecule has 0 N–H and O–H groups in total. The Balaban J connectivity index is 1.30. The Kier molecular flexibility index (Phi) is 4.10. The van der Waals surface area contributed by atoms with Crippen molar-refractivity contribution in [2.75, 3.05) is 19.7 Å². The standard InChI is InChI=1S/C21H20N2O3S/c24-20(17-3-1-15(2-4-17)18-13-22-14-25-18)23-9-7-21(8-10-23)19-16(5-11-26-21)6-12-27-19/h1-4,6,12-14H,5,7-11H2. The third-order valence-electron chi connectivity index (χ3n) is 5.62. The van der Waals surface area contributed by atoms with Gasteiger partial charge < -0.3 is 14.1 Å². The highest BCUT2D eigenvalue weighted by Crippen LogP contribution is 2.44. The van der Waals surface area contributed by atoms with Crippen LogP contribution in [0.2, 0.25) is 0 Å². The molecule has 0 atom stereocenters. The van der Waals surface area contributed by atoms with Crippen molar-refractivity contribution in [1.29, 1.82) is 0 Å². The Bertz CT molecular complexity index is 938. The summed E-state index contributed by atoms with van der Waals surface area (Å²) in [6.07, 6.45) is 5.81. The minimum atomic E-state index is -0.186. The van der Waals surface area contributed by atoms with Crippen LogP contribution in [0.1, 0.15) is 33.6 Å². The van der Waals surface area contributed by atoms with Crippen LogP contribution in [0.4, 0.5) is 0 Å². The number of benzene rings is 1. The molecule has 0 bridgehead atoms. The number of aromatic nitrogens is 1. The first-order valence-corrected chi connectivity index (χ1v) is 10.1. The van der Waals surface area contributed by atoms with Crippen LogP contribution in [0.3, 0.4) is 0 Å². The number of thiophene rings is 1. The quantitative estimate of drug-likeness (QED) is 0.671. The summed E-state index contributed by atoms with van der Waals surface area (Å²) in [5, 5.41) is 2.16. The van der Waals surface area contributed by atoms with Crippen molar-refractivity contribution in [2.24, 2.45) is 0 Å². The first-order valence-electron chi connectivity index (χ1n) is 9.24. The number of ether oxygens (including phenoxy) is 1. The number of likely N-dealkylation sites (tertiary alicyclic amines) is 1. The second-order valence-electron chi connectivity index (χ2n) is 7.10. The number of hydrogen-bond donors (Lipinski definition) is 0. The molecule has 1 saturated heterocycles. The summed E-state index contributed by atoms with van der Waals surface area (Å²) in [6.45, 7) is 2.22. The van der Waals surface area contributed by atoms with E-state index in [-0.39, 0.29) is 11.5 Å². The van der Waals surface area contributed by atoms with E-state index in [1.807, 2.05) is 29.2 Å². The molecule has 5 rings (SSSR count). The van der Waals surface area contributed by atoms with Gasteiger partial charge in [-0.2, -0.15) is 0 Å². The topological polar surface area (TPSA) is 55.6 Å². The van der Waals surface area contributed by atoms with Crippen LogP contribution in [0.25, 0.3) is 11.3 Å². The molecule has 1 amide bonds. The molecule has 0 radical (unpaired) electrons. The van der Waals surface area contributed by atoms with Crippen LogP contribution in [-0.4, -0.2) is 35.5 Å².